The van der Waals surface area contributed by atoms with Gasteiger partial charge in [-0.05, 0) is 87.8 Å². The first kappa shape index (κ1) is 29.7. The highest BCUT2D eigenvalue weighted by atomic mass is 31.3. The lowest BCUT2D eigenvalue weighted by Gasteiger charge is -2.36. The van der Waals surface area contributed by atoms with Crippen molar-refractivity contribution < 1.29 is 27.1 Å². The predicted molar refractivity (Wildman–Crippen MR) is 141 cm³/mol. The summed E-state index contributed by atoms with van der Waals surface area (Å²) in [6.45, 7) is 21.1. The molecule has 1 unspecified atom stereocenters. The topological polar surface area (TPSA) is 92.5 Å². The Bertz CT molecular complexity index is 940. The molecule has 0 radical (unpaired) electrons. The third-order valence-electron chi connectivity index (χ3n) is 3.73. The van der Waals surface area contributed by atoms with Crippen molar-refractivity contribution in [1.82, 2.24) is 0 Å². The lowest BCUT2D eigenvalue weighted by atomic mass is 10.2. The van der Waals surface area contributed by atoms with Crippen LogP contribution in [0.2, 0.25) is 0 Å². The Hall–Kier alpha value is -0.490. The Morgan fingerprint density at radius 1 is 0.529 bits per heavy atom. The Balaban J connectivity index is 2.97. The maximum Gasteiger partial charge on any atom is 0.403 e. The SMILES string of the molecule is Cc1ccccc1OP1(OC(C)C)=NP(OC(C)C)(OC(C)C)=NP(OC(C)C)(OC(C)C)=N1. The van der Waals surface area contributed by atoms with E-state index in [1.165, 1.54) is 0 Å². The van der Waals surface area contributed by atoms with E-state index in [0.29, 0.717) is 5.75 Å². The number of nitrogens with zero attached hydrogens (tertiary/aromatic N) is 3. The lowest BCUT2D eigenvalue weighted by Crippen LogP contribution is -2.14. The van der Waals surface area contributed by atoms with Crippen LogP contribution in [0.4, 0.5) is 0 Å². The molecular formula is C22H42N3O6P3. The molecule has 196 valence electrons. The normalized spacial score (nSPS) is 21.6. The second-order valence-electron chi connectivity index (χ2n) is 9.37. The van der Waals surface area contributed by atoms with Crippen molar-refractivity contribution in [2.45, 2.75) is 107 Å². The quantitative estimate of drug-likeness (QED) is 0.247. The summed E-state index contributed by atoms with van der Waals surface area (Å²) in [7, 11) is -10.0. The number of aryl methyl sites for hydroxylation is 1. The standard InChI is InChI=1S/C22H42N3O6P3/c1-16(2)26-32(27-17(3)4)23-33(28-18(5)6,29-19(7)8)25-34(24-32,30-20(9)10)31-22-15-13-12-14-21(22)11/h12-20H,1-11H3. The van der Waals surface area contributed by atoms with Crippen LogP contribution in [0.3, 0.4) is 0 Å². The molecule has 1 aliphatic heterocycles. The summed E-state index contributed by atoms with van der Waals surface area (Å²) >= 11 is 0. The molecule has 1 heterocycles. The van der Waals surface area contributed by atoms with E-state index in [9.17, 15) is 0 Å². The van der Waals surface area contributed by atoms with Gasteiger partial charge in [-0.15, -0.1) is 13.5 Å². The van der Waals surface area contributed by atoms with Gasteiger partial charge in [-0.25, -0.2) is 0 Å². The fourth-order valence-corrected chi connectivity index (χ4v) is 13.1. The first-order valence-corrected chi connectivity index (χ1v) is 16.4. The molecule has 0 N–H and O–H groups in total. The fourth-order valence-electron chi connectivity index (χ4n) is 2.96. The Morgan fingerprint density at radius 2 is 0.853 bits per heavy atom. The molecule has 1 aromatic carbocycles. The highest BCUT2D eigenvalue weighted by molar-refractivity contribution is 7.78. The molecule has 34 heavy (non-hydrogen) atoms. The Labute approximate surface area is 206 Å². The first-order chi connectivity index (χ1) is 15.7. The zero-order chi connectivity index (χ0) is 25.7. The van der Waals surface area contributed by atoms with E-state index in [1.807, 2.05) is 100 Å². The van der Waals surface area contributed by atoms with Crippen molar-refractivity contribution in [3.8, 4) is 5.75 Å². The molecule has 12 heteroatoms. The van der Waals surface area contributed by atoms with E-state index in [-0.39, 0.29) is 30.5 Å². The fraction of sp³-hybridized carbons (Fsp3) is 0.727. The van der Waals surface area contributed by atoms with Gasteiger partial charge >= 0.3 is 23.0 Å². The monoisotopic (exact) mass is 537 g/mol. The molecule has 1 atom stereocenters. The van der Waals surface area contributed by atoms with Crippen molar-refractivity contribution in [2.75, 3.05) is 0 Å². The number of hydrogen-bond donors (Lipinski definition) is 0. The van der Waals surface area contributed by atoms with Gasteiger partial charge in [-0.2, -0.15) is 0 Å². The molecule has 0 aromatic heterocycles. The van der Waals surface area contributed by atoms with Gasteiger partial charge in [0.1, 0.15) is 5.75 Å². The predicted octanol–water partition coefficient (Wildman–Crippen LogP) is 9.35. The zero-order valence-electron chi connectivity index (χ0n) is 22.3. The van der Waals surface area contributed by atoms with Gasteiger partial charge in [0.05, 0.1) is 30.5 Å². The van der Waals surface area contributed by atoms with Crippen LogP contribution in [-0.4, -0.2) is 30.5 Å². The van der Waals surface area contributed by atoms with Crippen LogP contribution >= 0.6 is 23.0 Å². The molecule has 0 amide bonds. The van der Waals surface area contributed by atoms with Crippen LogP contribution in [0, 0.1) is 6.92 Å². The summed E-state index contributed by atoms with van der Waals surface area (Å²) in [6.07, 6.45) is -1.15. The van der Waals surface area contributed by atoms with E-state index in [4.69, 9.17) is 40.7 Å². The smallest absolute Gasteiger partial charge is 0.403 e. The third-order valence-corrected chi connectivity index (χ3v) is 13.1. The molecule has 0 bridgehead atoms. The average molecular weight is 538 g/mol. The van der Waals surface area contributed by atoms with Crippen molar-refractivity contribution >= 4 is 23.0 Å². The molecule has 0 saturated carbocycles. The number of para-hydroxylation sites is 1. The summed E-state index contributed by atoms with van der Waals surface area (Å²) in [5.41, 5.74) is 0.930. The molecule has 1 aliphatic rings. The van der Waals surface area contributed by atoms with Crippen molar-refractivity contribution in [3.05, 3.63) is 29.8 Å². The van der Waals surface area contributed by atoms with Gasteiger partial charge in [0.2, 0.25) is 0 Å². The minimum atomic E-state index is -3.41. The summed E-state index contributed by atoms with van der Waals surface area (Å²) in [4.78, 5) is 0. The van der Waals surface area contributed by atoms with Crippen LogP contribution in [0.25, 0.3) is 0 Å². The molecule has 9 nitrogen and oxygen atoms in total. The van der Waals surface area contributed by atoms with Crippen LogP contribution in [0.15, 0.2) is 37.8 Å². The average Bonchev–Trinajstić information content (AvgIpc) is 2.59. The van der Waals surface area contributed by atoms with Gasteiger partial charge in [0.25, 0.3) is 0 Å². The van der Waals surface area contributed by atoms with Crippen molar-refractivity contribution in [1.29, 1.82) is 0 Å². The number of rotatable bonds is 12. The lowest BCUT2D eigenvalue weighted by molar-refractivity contribution is 0.157. The maximum atomic E-state index is 6.55. The molecular weight excluding hydrogens is 495 g/mol. The first-order valence-electron chi connectivity index (χ1n) is 11.8. The van der Waals surface area contributed by atoms with E-state index in [1.54, 1.807) is 0 Å². The van der Waals surface area contributed by atoms with Gasteiger partial charge in [-0.3, -0.25) is 4.52 Å². The van der Waals surface area contributed by atoms with E-state index in [0.717, 1.165) is 5.56 Å². The van der Waals surface area contributed by atoms with Crippen LogP contribution in [-0.2, 0) is 22.6 Å². The number of benzene rings is 1. The molecule has 1 aromatic rings. The molecule has 0 spiro atoms. The minimum absolute atomic E-state index is 0.225. The van der Waals surface area contributed by atoms with Crippen molar-refractivity contribution in [2.24, 2.45) is 13.5 Å². The van der Waals surface area contributed by atoms with Gasteiger partial charge in [0.15, 0.2) is 0 Å². The molecule has 0 fully saturated rings. The van der Waals surface area contributed by atoms with E-state index >= 15 is 0 Å². The second kappa shape index (κ2) is 12.2. The highest BCUT2D eigenvalue weighted by Gasteiger charge is 2.46. The van der Waals surface area contributed by atoms with Gasteiger partial charge in [-0.1, -0.05) is 18.2 Å². The van der Waals surface area contributed by atoms with Crippen molar-refractivity contribution in [3.63, 3.8) is 0 Å². The van der Waals surface area contributed by atoms with Crippen LogP contribution in [0.1, 0.15) is 74.8 Å². The van der Waals surface area contributed by atoms with E-state index < -0.39 is 23.0 Å². The summed E-state index contributed by atoms with van der Waals surface area (Å²) in [6, 6.07) is 7.68. The highest BCUT2D eigenvalue weighted by Crippen LogP contribution is 2.81. The zero-order valence-corrected chi connectivity index (χ0v) is 25.0. The number of hydrogen-bond acceptors (Lipinski definition) is 9. The largest absolute Gasteiger partial charge is 0.422 e. The maximum absolute atomic E-state index is 6.55. The van der Waals surface area contributed by atoms with Crippen LogP contribution < -0.4 is 4.52 Å². The third kappa shape index (κ3) is 8.57. The summed E-state index contributed by atoms with van der Waals surface area (Å²) in [5, 5.41) is 0. The Kier molecular flexibility index (Phi) is 10.6. The second-order valence-corrected chi connectivity index (χ2v) is 15.7. The molecule has 0 saturated heterocycles. The van der Waals surface area contributed by atoms with Gasteiger partial charge in [0, 0.05) is 0 Å². The van der Waals surface area contributed by atoms with Gasteiger partial charge < -0.3 is 22.6 Å². The summed E-state index contributed by atoms with van der Waals surface area (Å²) < 4.78 is 53.2. The van der Waals surface area contributed by atoms with E-state index in [2.05, 4.69) is 0 Å². The van der Waals surface area contributed by atoms with Crippen LogP contribution in [0.5, 0.6) is 5.75 Å². The summed E-state index contributed by atoms with van der Waals surface area (Å²) in [5.74, 6) is 0.616. The molecule has 2 rings (SSSR count). The minimum Gasteiger partial charge on any atom is -0.422 e. The Morgan fingerprint density at radius 3 is 1.24 bits per heavy atom. The molecule has 0 aliphatic carbocycles.